The van der Waals surface area contributed by atoms with Crippen LogP contribution in [-0.4, -0.2) is 42.1 Å². The van der Waals surface area contributed by atoms with Gasteiger partial charge in [0.25, 0.3) is 0 Å². The summed E-state index contributed by atoms with van der Waals surface area (Å²) < 4.78 is 4.54. The van der Waals surface area contributed by atoms with Crippen LogP contribution in [0.2, 0.25) is 0 Å². The molecule has 0 heterocycles. The van der Waals surface area contributed by atoms with Crippen molar-refractivity contribution in [2.75, 3.05) is 13.2 Å². The molecule has 0 fully saturated rings. The minimum atomic E-state index is -1.17. The van der Waals surface area contributed by atoms with Gasteiger partial charge in [-0.1, -0.05) is 0 Å². The number of nitrogens with two attached hydrogens (primary N) is 1. The van der Waals surface area contributed by atoms with Gasteiger partial charge in [0, 0.05) is 0 Å². The van der Waals surface area contributed by atoms with Crippen LogP contribution < -0.4 is 11.1 Å². The van der Waals surface area contributed by atoms with Crippen molar-refractivity contribution in [2.45, 2.75) is 19.4 Å². The molecule has 1 unspecified atom stereocenters. The number of carbonyl (C=O) groups is 3. The average molecular weight is 218 g/mol. The molecule has 4 N–H and O–H groups in total. The molecule has 7 heteroatoms. The fraction of sp³-hybridized carbons (Fsp3) is 0.625. The number of rotatable bonds is 6. The van der Waals surface area contributed by atoms with Crippen molar-refractivity contribution in [2.24, 2.45) is 5.73 Å². The molecular formula is C8H14N2O5. The fourth-order valence-corrected chi connectivity index (χ4v) is 0.783. The zero-order chi connectivity index (χ0) is 11.8. The van der Waals surface area contributed by atoms with Crippen molar-refractivity contribution in [3.8, 4) is 0 Å². The van der Waals surface area contributed by atoms with E-state index in [2.05, 4.69) is 10.1 Å². The lowest BCUT2D eigenvalue weighted by Gasteiger charge is -2.09. The van der Waals surface area contributed by atoms with Crippen LogP contribution >= 0.6 is 0 Å². The highest BCUT2D eigenvalue weighted by Crippen LogP contribution is 1.88. The van der Waals surface area contributed by atoms with Gasteiger partial charge in [-0.15, -0.1) is 0 Å². The standard InChI is InChI=1S/C8H14N2O5/c1-2-15-7(13)4-10-8(14)5(9)3-6(11)12/h5H,2-4,9H2,1H3,(H,10,14)(H,11,12). The van der Waals surface area contributed by atoms with E-state index in [-0.39, 0.29) is 13.2 Å². The summed E-state index contributed by atoms with van der Waals surface area (Å²) in [4.78, 5) is 32.1. The van der Waals surface area contributed by atoms with Crippen LogP contribution in [0.15, 0.2) is 0 Å². The Morgan fingerprint density at radius 2 is 2.07 bits per heavy atom. The Morgan fingerprint density at radius 3 is 2.53 bits per heavy atom. The van der Waals surface area contributed by atoms with E-state index in [1.54, 1.807) is 6.92 Å². The maximum Gasteiger partial charge on any atom is 0.325 e. The number of hydrogen-bond acceptors (Lipinski definition) is 5. The van der Waals surface area contributed by atoms with Gasteiger partial charge in [0.1, 0.15) is 6.54 Å². The van der Waals surface area contributed by atoms with Crippen LogP contribution in [0, 0.1) is 0 Å². The smallest absolute Gasteiger partial charge is 0.325 e. The molecule has 7 nitrogen and oxygen atoms in total. The molecular weight excluding hydrogens is 204 g/mol. The van der Waals surface area contributed by atoms with Gasteiger partial charge in [-0.05, 0) is 6.92 Å². The maximum absolute atomic E-state index is 11.1. The summed E-state index contributed by atoms with van der Waals surface area (Å²) in [7, 11) is 0. The Balaban J connectivity index is 3.82. The molecule has 0 saturated heterocycles. The van der Waals surface area contributed by atoms with E-state index in [1.807, 2.05) is 0 Å². The van der Waals surface area contributed by atoms with E-state index in [1.165, 1.54) is 0 Å². The fourth-order valence-electron chi connectivity index (χ4n) is 0.783. The Morgan fingerprint density at radius 1 is 1.47 bits per heavy atom. The Bertz CT molecular complexity index is 253. The normalized spacial score (nSPS) is 11.6. The summed E-state index contributed by atoms with van der Waals surface area (Å²) in [6.07, 6.45) is -0.478. The molecule has 0 aliphatic carbocycles. The third kappa shape index (κ3) is 6.44. The van der Waals surface area contributed by atoms with Gasteiger partial charge >= 0.3 is 11.9 Å². The Hall–Kier alpha value is -1.63. The highest BCUT2D eigenvalue weighted by molar-refractivity contribution is 5.88. The number of ether oxygens (including phenoxy) is 1. The SMILES string of the molecule is CCOC(=O)CNC(=O)C(N)CC(=O)O. The van der Waals surface area contributed by atoms with Crippen LogP contribution in [0.25, 0.3) is 0 Å². The molecule has 0 aliphatic rings. The van der Waals surface area contributed by atoms with E-state index in [4.69, 9.17) is 10.8 Å². The minimum absolute atomic E-state index is 0.218. The first-order valence-corrected chi connectivity index (χ1v) is 4.38. The highest BCUT2D eigenvalue weighted by Gasteiger charge is 2.17. The van der Waals surface area contributed by atoms with Gasteiger partial charge in [0.15, 0.2) is 0 Å². The number of aliphatic carboxylic acids is 1. The summed E-state index contributed by atoms with van der Waals surface area (Å²) in [6, 6.07) is -1.16. The zero-order valence-corrected chi connectivity index (χ0v) is 8.36. The van der Waals surface area contributed by atoms with Crippen molar-refractivity contribution in [1.82, 2.24) is 5.32 Å². The average Bonchev–Trinajstić information content (AvgIpc) is 2.13. The number of carbonyl (C=O) groups excluding carboxylic acids is 2. The van der Waals surface area contributed by atoms with Crippen LogP contribution in [0.3, 0.4) is 0 Å². The van der Waals surface area contributed by atoms with Gasteiger partial charge in [0.2, 0.25) is 5.91 Å². The summed E-state index contributed by atoms with van der Waals surface area (Å²) >= 11 is 0. The van der Waals surface area contributed by atoms with Crippen molar-refractivity contribution < 1.29 is 24.2 Å². The van der Waals surface area contributed by atoms with Gasteiger partial charge < -0.3 is 20.9 Å². The third-order valence-corrected chi connectivity index (χ3v) is 1.44. The van der Waals surface area contributed by atoms with Crippen LogP contribution in [0.1, 0.15) is 13.3 Å². The van der Waals surface area contributed by atoms with Crippen molar-refractivity contribution in [3.05, 3.63) is 0 Å². The second-order valence-corrected chi connectivity index (χ2v) is 2.73. The van der Waals surface area contributed by atoms with Gasteiger partial charge in [-0.25, -0.2) is 0 Å². The second-order valence-electron chi connectivity index (χ2n) is 2.73. The van der Waals surface area contributed by atoms with Gasteiger partial charge in [-0.3, -0.25) is 14.4 Å². The first-order valence-electron chi connectivity index (χ1n) is 4.38. The largest absolute Gasteiger partial charge is 0.481 e. The molecule has 86 valence electrons. The van der Waals surface area contributed by atoms with E-state index >= 15 is 0 Å². The highest BCUT2D eigenvalue weighted by atomic mass is 16.5. The van der Waals surface area contributed by atoms with Crippen molar-refractivity contribution in [3.63, 3.8) is 0 Å². The lowest BCUT2D eigenvalue weighted by Crippen LogP contribution is -2.43. The van der Waals surface area contributed by atoms with Crippen molar-refractivity contribution in [1.29, 1.82) is 0 Å². The molecule has 0 spiro atoms. The van der Waals surface area contributed by atoms with Gasteiger partial charge in [0.05, 0.1) is 19.1 Å². The molecule has 0 aromatic carbocycles. The van der Waals surface area contributed by atoms with E-state index in [9.17, 15) is 14.4 Å². The lowest BCUT2D eigenvalue weighted by molar-refractivity contribution is -0.143. The number of amides is 1. The number of esters is 1. The second kappa shape index (κ2) is 6.77. The summed E-state index contributed by atoms with van der Waals surface area (Å²) in [5.41, 5.74) is 5.23. The topological polar surface area (TPSA) is 119 Å². The molecule has 1 amide bonds. The molecule has 0 rings (SSSR count). The molecule has 15 heavy (non-hydrogen) atoms. The monoisotopic (exact) mass is 218 g/mol. The van der Waals surface area contributed by atoms with E-state index < -0.39 is 30.3 Å². The Labute approximate surface area is 86.6 Å². The maximum atomic E-state index is 11.1. The van der Waals surface area contributed by atoms with E-state index in [0.717, 1.165) is 0 Å². The molecule has 0 aromatic heterocycles. The number of hydrogen-bond donors (Lipinski definition) is 3. The summed E-state index contributed by atoms with van der Waals surface area (Å²) in [5, 5.41) is 10.5. The predicted molar refractivity (Wildman–Crippen MR) is 49.9 cm³/mol. The molecule has 0 saturated carbocycles. The molecule has 0 radical (unpaired) electrons. The molecule has 1 atom stereocenters. The first kappa shape index (κ1) is 13.4. The summed E-state index contributed by atoms with van der Waals surface area (Å²) in [6.45, 7) is 1.55. The van der Waals surface area contributed by atoms with Crippen LogP contribution in [-0.2, 0) is 19.1 Å². The third-order valence-electron chi connectivity index (χ3n) is 1.44. The summed E-state index contributed by atoms with van der Waals surface area (Å²) in [5.74, 6) is -2.45. The predicted octanol–water partition coefficient (Wildman–Crippen LogP) is -1.53. The van der Waals surface area contributed by atoms with Gasteiger partial charge in [-0.2, -0.15) is 0 Å². The quantitative estimate of drug-likeness (QED) is 0.465. The van der Waals surface area contributed by atoms with Crippen molar-refractivity contribution >= 4 is 17.8 Å². The lowest BCUT2D eigenvalue weighted by atomic mass is 10.2. The van der Waals surface area contributed by atoms with Crippen LogP contribution in [0.4, 0.5) is 0 Å². The first-order chi connectivity index (χ1) is 6.97. The number of nitrogens with one attached hydrogen (secondary N) is 1. The Kier molecular flexibility index (Phi) is 6.03. The van der Waals surface area contributed by atoms with Crippen LogP contribution in [0.5, 0.6) is 0 Å². The molecule has 0 aromatic rings. The van der Waals surface area contributed by atoms with E-state index in [0.29, 0.717) is 0 Å². The number of carboxylic acid groups (broad SMARTS) is 1. The minimum Gasteiger partial charge on any atom is -0.481 e. The zero-order valence-electron chi connectivity index (χ0n) is 8.36. The molecule has 0 bridgehead atoms. The molecule has 0 aliphatic heterocycles. The number of carboxylic acids is 1.